The number of likely N-dealkylation sites (N-methyl/N-ethyl adjacent to an activating group) is 1. The molecule has 0 saturated heterocycles. The van der Waals surface area contributed by atoms with Gasteiger partial charge in [0.25, 0.3) is 0 Å². The molecule has 2 amide bonds. The van der Waals surface area contributed by atoms with E-state index < -0.39 is 11.7 Å². The van der Waals surface area contributed by atoms with E-state index in [4.69, 9.17) is 0 Å². The van der Waals surface area contributed by atoms with Gasteiger partial charge in [-0.1, -0.05) is 54.6 Å². The van der Waals surface area contributed by atoms with E-state index in [0.717, 1.165) is 11.1 Å². The van der Waals surface area contributed by atoms with Crippen LogP contribution in [0.1, 0.15) is 23.2 Å². The van der Waals surface area contributed by atoms with Gasteiger partial charge in [0.05, 0.1) is 6.54 Å². The third-order valence-corrected chi connectivity index (χ3v) is 4.81. The van der Waals surface area contributed by atoms with Gasteiger partial charge in [-0.15, -0.1) is 0 Å². The fourth-order valence-electron chi connectivity index (χ4n) is 3.07. The summed E-state index contributed by atoms with van der Waals surface area (Å²) in [4.78, 5) is 38.0. The number of Topliss-reactive ketones (excluding diaryl/α,β-unsaturated/α-hetero) is 1. The average Bonchev–Trinajstić information content (AvgIpc) is 2.79. The number of halogens is 1. The van der Waals surface area contributed by atoms with Crippen LogP contribution in [0.2, 0.25) is 0 Å². The van der Waals surface area contributed by atoms with Crippen molar-refractivity contribution in [2.24, 2.45) is 0 Å². The fourth-order valence-corrected chi connectivity index (χ4v) is 3.07. The molecule has 5 nitrogen and oxygen atoms in total. The Morgan fingerprint density at radius 3 is 2.06 bits per heavy atom. The highest BCUT2D eigenvalue weighted by Crippen LogP contribution is 2.20. The van der Waals surface area contributed by atoms with Crippen molar-refractivity contribution in [3.8, 4) is 11.1 Å². The number of nitrogens with one attached hydrogen (secondary N) is 1. The predicted molar refractivity (Wildman–Crippen MR) is 118 cm³/mol. The van der Waals surface area contributed by atoms with Gasteiger partial charge in [0.15, 0.2) is 5.78 Å². The molecule has 0 heterocycles. The molecule has 3 aromatic rings. The molecule has 31 heavy (non-hydrogen) atoms. The van der Waals surface area contributed by atoms with Crippen LogP contribution in [0.3, 0.4) is 0 Å². The van der Waals surface area contributed by atoms with Crippen molar-refractivity contribution in [2.75, 3.05) is 18.9 Å². The second-order valence-corrected chi connectivity index (χ2v) is 7.17. The third kappa shape index (κ3) is 6.34. The van der Waals surface area contributed by atoms with E-state index in [0.29, 0.717) is 11.3 Å². The molecule has 0 unspecified atom stereocenters. The zero-order valence-electron chi connectivity index (χ0n) is 17.2. The first-order chi connectivity index (χ1) is 14.9. The maximum absolute atomic E-state index is 12.9. The molecule has 0 aromatic heterocycles. The molecule has 0 atom stereocenters. The van der Waals surface area contributed by atoms with Gasteiger partial charge in [-0.3, -0.25) is 14.4 Å². The molecule has 0 fully saturated rings. The van der Waals surface area contributed by atoms with Crippen LogP contribution in [0.15, 0.2) is 78.9 Å². The van der Waals surface area contributed by atoms with Gasteiger partial charge in [0.1, 0.15) is 5.82 Å². The maximum Gasteiger partial charge on any atom is 0.243 e. The van der Waals surface area contributed by atoms with Crippen molar-refractivity contribution in [3.63, 3.8) is 0 Å². The van der Waals surface area contributed by atoms with Crippen molar-refractivity contribution < 1.29 is 18.8 Å². The van der Waals surface area contributed by atoms with Crippen molar-refractivity contribution >= 4 is 23.3 Å². The van der Waals surface area contributed by atoms with Crippen LogP contribution in [0.4, 0.5) is 10.1 Å². The van der Waals surface area contributed by atoms with E-state index in [2.05, 4.69) is 5.32 Å². The lowest BCUT2D eigenvalue weighted by Crippen LogP contribution is -2.35. The van der Waals surface area contributed by atoms with Gasteiger partial charge >= 0.3 is 0 Å². The SMILES string of the molecule is CN(CC(=O)Nc1ccc(F)cc1)C(=O)CCC(=O)c1ccc(-c2ccccc2)cc1. The maximum atomic E-state index is 12.9. The number of anilines is 1. The molecular formula is C25H23FN2O3. The number of ketones is 1. The topological polar surface area (TPSA) is 66.5 Å². The summed E-state index contributed by atoms with van der Waals surface area (Å²) >= 11 is 0. The molecule has 0 aliphatic carbocycles. The lowest BCUT2D eigenvalue weighted by Gasteiger charge is -2.16. The quantitative estimate of drug-likeness (QED) is 0.546. The minimum Gasteiger partial charge on any atom is -0.336 e. The molecule has 158 valence electrons. The first-order valence-electron chi connectivity index (χ1n) is 9.90. The largest absolute Gasteiger partial charge is 0.336 e. The zero-order chi connectivity index (χ0) is 22.2. The van der Waals surface area contributed by atoms with Crippen LogP contribution in [0.5, 0.6) is 0 Å². The lowest BCUT2D eigenvalue weighted by atomic mass is 10.0. The highest BCUT2D eigenvalue weighted by molar-refractivity contribution is 5.99. The van der Waals surface area contributed by atoms with Crippen molar-refractivity contribution in [2.45, 2.75) is 12.8 Å². The van der Waals surface area contributed by atoms with Crippen LogP contribution in [-0.2, 0) is 9.59 Å². The molecule has 0 aliphatic heterocycles. The normalized spacial score (nSPS) is 10.4. The molecule has 0 radical (unpaired) electrons. The summed E-state index contributed by atoms with van der Waals surface area (Å²) in [5, 5.41) is 2.60. The highest BCUT2D eigenvalue weighted by atomic mass is 19.1. The van der Waals surface area contributed by atoms with Crippen LogP contribution in [-0.4, -0.2) is 36.1 Å². The van der Waals surface area contributed by atoms with Gasteiger partial charge in [-0.2, -0.15) is 0 Å². The lowest BCUT2D eigenvalue weighted by molar-refractivity contribution is -0.133. The van der Waals surface area contributed by atoms with Gasteiger partial charge in [-0.25, -0.2) is 4.39 Å². The molecule has 0 saturated carbocycles. The minimum atomic E-state index is -0.398. The average molecular weight is 418 g/mol. The third-order valence-electron chi connectivity index (χ3n) is 4.81. The Morgan fingerprint density at radius 2 is 1.42 bits per heavy atom. The van der Waals surface area contributed by atoms with Crippen LogP contribution < -0.4 is 5.32 Å². The molecule has 0 bridgehead atoms. The number of nitrogens with zero attached hydrogens (tertiary/aromatic N) is 1. The summed E-state index contributed by atoms with van der Waals surface area (Å²) in [5.74, 6) is -1.23. The highest BCUT2D eigenvalue weighted by Gasteiger charge is 2.15. The molecule has 0 aliphatic rings. The number of benzene rings is 3. The Morgan fingerprint density at radius 1 is 0.806 bits per heavy atom. The Bertz CT molecular complexity index is 1050. The standard InChI is InChI=1S/C25H23FN2O3/c1-28(17-24(30)27-22-13-11-21(26)12-14-22)25(31)16-15-23(29)20-9-7-19(8-10-20)18-5-3-2-4-6-18/h2-14H,15-17H2,1H3,(H,27,30). The molecule has 3 rings (SSSR count). The van der Waals surface area contributed by atoms with E-state index in [1.807, 2.05) is 42.5 Å². The Kier molecular flexibility index (Phi) is 7.27. The predicted octanol–water partition coefficient (Wildman–Crippen LogP) is 4.55. The van der Waals surface area contributed by atoms with E-state index in [1.165, 1.54) is 36.2 Å². The fraction of sp³-hybridized carbons (Fsp3) is 0.160. The Hall–Kier alpha value is -3.80. The minimum absolute atomic E-state index is 0.0135. The zero-order valence-corrected chi connectivity index (χ0v) is 17.2. The van der Waals surface area contributed by atoms with Gasteiger partial charge in [0, 0.05) is 31.1 Å². The number of carbonyl (C=O) groups is 3. The van der Waals surface area contributed by atoms with Crippen LogP contribution in [0.25, 0.3) is 11.1 Å². The molecule has 6 heteroatoms. The summed E-state index contributed by atoms with van der Waals surface area (Å²) in [6.07, 6.45) is 0.0764. The monoisotopic (exact) mass is 418 g/mol. The smallest absolute Gasteiger partial charge is 0.243 e. The number of carbonyl (C=O) groups excluding carboxylic acids is 3. The van der Waals surface area contributed by atoms with E-state index in [-0.39, 0.29) is 31.1 Å². The first-order valence-corrected chi connectivity index (χ1v) is 9.90. The number of amides is 2. The molecule has 1 N–H and O–H groups in total. The van der Waals surface area contributed by atoms with Gasteiger partial charge < -0.3 is 10.2 Å². The molecular weight excluding hydrogens is 395 g/mol. The number of rotatable bonds is 8. The summed E-state index contributed by atoms with van der Waals surface area (Å²) in [7, 11) is 1.51. The summed E-state index contributed by atoms with van der Waals surface area (Å²) in [6.45, 7) is -0.157. The number of hydrogen-bond donors (Lipinski definition) is 1. The Balaban J connectivity index is 1.47. The van der Waals surface area contributed by atoms with E-state index in [9.17, 15) is 18.8 Å². The van der Waals surface area contributed by atoms with Crippen LogP contribution in [0, 0.1) is 5.82 Å². The summed E-state index contributed by atoms with van der Waals surface area (Å²) < 4.78 is 12.9. The van der Waals surface area contributed by atoms with Crippen molar-refractivity contribution in [1.82, 2.24) is 4.90 Å². The Labute approximate surface area is 180 Å². The molecule has 3 aromatic carbocycles. The van der Waals surface area contributed by atoms with E-state index >= 15 is 0 Å². The summed E-state index contributed by atoms with van der Waals surface area (Å²) in [6, 6.07) is 22.5. The van der Waals surface area contributed by atoms with Crippen molar-refractivity contribution in [1.29, 1.82) is 0 Å². The number of hydrogen-bond acceptors (Lipinski definition) is 3. The molecule has 0 spiro atoms. The van der Waals surface area contributed by atoms with Gasteiger partial charge in [0.2, 0.25) is 11.8 Å². The summed E-state index contributed by atoms with van der Waals surface area (Å²) in [5.41, 5.74) is 3.07. The first kappa shape index (κ1) is 21.9. The van der Waals surface area contributed by atoms with Crippen LogP contribution >= 0.6 is 0 Å². The van der Waals surface area contributed by atoms with Gasteiger partial charge in [-0.05, 0) is 35.4 Å². The second kappa shape index (κ2) is 10.3. The second-order valence-electron chi connectivity index (χ2n) is 7.17. The van der Waals surface area contributed by atoms with E-state index in [1.54, 1.807) is 12.1 Å². The van der Waals surface area contributed by atoms with Crippen molar-refractivity contribution in [3.05, 3.63) is 90.2 Å².